The van der Waals surface area contributed by atoms with Crippen molar-refractivity contribution in [1.29, 1.82) is 0 Å². The van der Waals surface area contributed by atoms with E-state index in [1.165, 1.54) is 0 Å². The molecule has 11 heteroatoms. The number of carbonyl (C=O) groups excluding carboxylic acids is 4. The van der Waals surface area contributed by atoms with Gasteiger partial charge in [0.15, 0.2) is 6.61 Å². The number of fused-ring (bicyclic) bond motifs is 1. The number of amides is 3. The van der Waals surface area contributed by atoms with Crippen LogP contribution >= 0.6 is 46.4 Å². The van der Waals surface area contributed by atoms with Crippen LogP contribution in [-0.4, -0.2) is 41.2 Å². The van der Waals surface area contributed by atoms with E-state index in [1.54, 1.807) is 0 Å². The summed E-state index contributed by atoms with van der Waals surface area (Å²) in [6, 6.07) is 4.25. The number of hydrogen-bond donors (Lipinski definition) is 1. The summed E-state index contributed by atoms with van der Waals surface area (Å²) in [6.07, 6.45) is 1.31. The number of ether oxygens (including phenoxy) is 1. The second kappa shape index (κ2) is 11.2. The van der Waals surface area contributed by atoms with Gasteiger partial charge in [0, 0.05) is 5.69 Å². The van der Waals surface area contributed by atoms with Crippen LogP contribution in [0, 0.1) is 13.8 Å². The normalized spacial score (nSPS) is 13.6. The summed E-state index contributed by atoms with van der Waals surface area (Å²) in [5.41, 5.74) is 1.87. The number of aryl methyl sites for hydroxylation is 2. The topological polar surface area (TPSA) is 92.8 Å². The van der Waals surface area contributed by atoms with E-state index in [-0.39, 0.29) is 37.6 Å². The quantitative estimate of drug-likeness (QED) is 0.178. The first kappa shape index (κ1) is 27.3. The van der Waals surface area contributed by atoms with Gasteiger partial charge in [0.05, 0.1) is 31.2 Å². The molecule has 1 N–H and O–H groups in total. The number of esters is 1. The van der Waals surface area contributed by atoms with Crippen LogP contribution in [0.25, 0.3) is 0 Å². The van der Waals surface area contributed by atoms with Gasteiger partial charge in [0.25, 0.3) is 17.7 Å². The van der Waals surface area contributed by atoms with Crippen LogP contribution in [0.3, 0.4) is 0 Å². The number of unbranched alkanes of at least 4 members (excludes halogenated alkanes) is 1. The van der Waals surface area contributed by atoms with Crippen molar-refractivity contribution in [3.8, 4) is 0 Å². The van der Waals surface area contributed by atoms with Crippen molar-refractivity contribution >= 4 is 75.8 Å². The van der Waals surface area contributed by atoms with E-state index in [2.05, 4.69) is 5.32 Å². The Hall–Kier alpha value is -2.32. The van der Waals surface area contributed by atoms with Crippen molar-refractivity contribution in [2.24, 2.45) is 0 Å². The SMILES string of the molecule is CCCC[C@H](C(=O)OCC(=O)Nc1c(C)cccc1C)N1C(=O)c2c(Cl)c(Cl)c(Cl)c(Cl)c2C1=O. The largest absolute Gasteiger partial charge is 0.454 e. The molecule has 1 aliphatic rings. The van der Waals surface area contributed by atoms with E-state index < -0.39 is 36.3 Å². The fourth-order valence-corrected chi connectivity index (χ4v) is 4.83. The first-order valence-electron chi connectivity index (χ1n) is 10.8. The molecule has 0 unspecified atom stereocenters. The van der Waals surface area contributed by atoms with E-state index in [4.69, 9.17) is 51.1 Å². The smallest absolute Gasteiger partial charge is 0.329 e. The first-order chi connectivity index (χ1) is 16.5. The molecular formula is C24H22Cl4N2O5. The van der Waals surface area contributed by atoms with Gasteiger partial charge >= 0.3 is 5.97 Å². The lowest BCUT2D eigenvalue weighted by atomic mass is 10.1. The highest BCUT2D eigenvalue weighted by atomic mass is 35.5. The summed E-state index contributed by atoms with van der Waals surface area (Å²) in [5, 5.41) is 1.92. The summed E-state index contributed by atoms with van der Waals surface area (Å²) < 4.78 is 5.22. The molecule has 35 heavy (non-hydrogen) atoms. The van der Waals surface area contributed by atoms with E-state index in [9.17, 15) is 19.2 Å². The molecule has 0 aromatic heterocycles. The molecule has 0 spiro atoms. The lowest BCUT2D eigenvalue weighted by molar-refractivity contribution is -0.151. The zero-order chi connectivity index (χ0) is 26.0. The minimum absolute atomic E-state index is 0.121. The number of nitrogens with one attached hydrogen (secondary N) is 1. The van der Waals surface area contributed by atoms with Crippen molar-refractivity contribution in [2.45, 2.75) is 46.1 Å². The van der Waals surface area contributed by atoms with Crippen LogP contribution < -0.4 is 5.32 Å². The predicted octanol–water partition coefficient (Wildman–Crippen LogP) is 6.25. The number of hydrogen-bond acceptors (Lipinski definition) is 5. The van der Waals surface area contributed by atoms with Gasteiger partial charge in [-0.15, -0.1) is 0 Å². The molecule has 0 aliphatic carbocycles. The molecule has 1 heterocycles. The fourth-order valence-electron chi connectivity index (χ4n) is 3.82. The third-order valence-corrected chi connectivity index (χ3v) is 7.44. The number of rotatable bonds is 8. The Kier molecular flexibility index (Phi) is 8.70. The van der Waals surface area contributed by atoms with Crippen molar-refractivity contribution in [3.63, 3.8) is 0 Å². The van der Waals surface area contributed by atoms with Gasteiger partial charge < -0.3 is 10.1 Å². The molecule has 1 aliphatic heterocycles. The van der Waals surface area contributed by atoms with E-state index in [1.807, 2.05) is 39.0 Å². The van der Waals surface area contributed by atoms with Gasteiger partial charge in [0.1, 0.15) is 6.04 Å². The summed E-state index contributed by atoms with van der Waals surface area (Å²) in [7, 11) is 0. The maximum absolute atomic E-state index is 13.2. The van der Waals surface area contributed by atoms with Crippen LogP contribution in [0.15, 0.2) is 18.2 Å². The van der Waals surface area contributed by atoms with Gasteiger partial charge in [-0.25, -0.2) is 4.79 Å². The molecule has 0 fully saturated rings. The molecule has 0 saturated carbocycles. The third kappa shape index (κ3) is 5.28. The van der Waals surface area contributed by atoms with Crippen molar-refractivity contribution in [2.75, 3.05) is 11.9 Å². The number of halogens is 4. The predicted molar refractivity (Wildman–Crippen MR) is 136 cm³/mol. The highest BCUT2D eigenvalue weighted by Crippen LogP contribution is 2.45. The average Bonchev–Trinajstić information content (AvgIpc) is 3.08. The van der Waals surface area contributed by atoms with Gasteiger partial charge in [0.2, 0.25) is 0 Å². The van der Waals surface area contributed by atoms with Gasteiger partial charge in [-0.05, 0) is 31.4 Å². The second-order valence-electron chi connectivity index (χ2n) is 8.07. The molecule has 7 nitrogen and oxygen atoms in total. The summed E-state index contributed by atoms with van der Waals surface area (Å²) in [6.45, 7) is 4.96. The Labute approximate surface area is 222 Å². The number of benzene rings is 2. The van der Waals surface area contributed by atoms with E-state index in [0.29, 0.717) is 18.5 Å². The minimum atomic E-state index is -1.29. The second-order valence-corrected chi connectivity index (χ2v) is 9.58. The van der Waals surface area contributed by atoms with Gasteiger partial charge in [-0.2, -0.15) is 0 Å². The Balaban J connectivity index is 1.82. The first-order valence-corrected chi connectivity index (χ1v) is 12.3. The molecule has 0 radical (unpaired) electrons. The van der Waals surface area contributed by atoms with E-state index in [0.717, 1.165) is 16.0 Å². The van der Waals surface area contributed by atoms with Crippen LogP contribution in [0.4, 0.5) is 5.69 Å². The maximum atomic E-state index is 13.2. The fraction of sp³-hybridized carbons (Fsp3) is 0.333. The molecule has 2 aromatic rings. The molecule has 1 atom stereocenters. The Morgan fingerprint density at radius 2 is 1.46 bits per heavy atom. The average molecular weight is 560 g/mol. The Morgan fingerprint density at radius 3 is 1.94 bits per heavy atom. The molecule has 0 saturated heterocycles. The van der Waals surface area contributed by atoms with Crippen molar-refractivity contribution in [3.05, 3.63) is 60.5 Å². The van der Waals surface area contributed by atoms with Gasteiger partial charge in [-0.1, -0.05) is 84.4 Å². The molecule has 2 aromatic carbocycles. The number of carbonyl (C=O) groups is 4. The molecule has 186 valence electrons. The zero-order valence-electron chi connectivity index (χ0n) is 19.1. The number of nitrogens with zero attached hydrogens (tertiary/aromatic N) is 1. The molecule has 3 rings (SSSR count). The molecule has 3 amide bonds. The monoisotopic (exact) mass is 558 g/mol. The lowest BCUT2D eigenvalue weighted by Crippen LogP contribution is -2.46. The summed E-state index contributed by atoms with van der Waals surface area (Å²) >= 11 is 24.5. The van der Waals surface area contributed by atoms with Crippen molar-refractivity contribution < 1.29 is 23.9 Å². The van der Waals surface area contributed by atoms with E-state index >= 15 is 0 Å². The lowest BCUT2D eigenvalue weighted by Gasteiger charge is -2.24. The van der Waals surface area contributed by atoms with Crippen LogP contribution in [0.5, 0.6) is 0 Å². The molecule has 0 bridgehead atoms. The maximum Gasteiger partial charge on any atom is 0.329 e. The van der Waals surface area contributed by atoms with Gasteiger partial charge in [-0.3, -0.25) is 19.3 Å². The molecular weight excluding hydrogens is 538 g/mol. The van der Waals surface area contributed by atoms with Crippen LogP contribution in [0.2, 0.25) is 20.1 Å². The van der Waals surface area contributed by atoms with Crippen LogP contribution in [-0.2, 0) is 14.3 Å². The summed E-state index contributed by atoms with van der Waals surface area (Å²) in [4.78, 5) is 52.6. The number of anilines is 1. The third-order valence-electron chi connectivity index (χ3n) is 5.64. The minimum Gasteiger partial charge on any atom is -0.454 e. The zero-order valence-corrected chi connectivity index (χ0v) is 22.2. The standard InChI is InChI=1S/C24H22Cl4N2O5/c1-4-5-9-13(24(34)35-10-14(31)29-21-11(2)7-6-8-12(21)3)30-22(32)15-16(23(30)33)18(26)20(28)19(27)17(15)25/h6-8,13H,4-5,9-10H2,1-3H3,(H,29,31)/t13-/m1/s1. The number of imide groups is 1. The highest BCUT2D eigenvalue weighted by Gasteiger charge is 2.47. The Bertz CT molecular complexity index is 1160. The summed E-state index contributed by atoms with van der Waals surface area (Å²) in [5.74, 6) is -3.15. The van der Waals surface area contributed by atoms with Crippen molar-refractivity contribution in [1.82, 2.24) is 4.90 Å². The number of para-hydroxylation sites is 1. The highest BCUT2D eigenvalue weighted by molar-refractivity contribution is 6.55. The van der Waals surface area contributed by atoms with Crippen LogP contribution in [0.1, 0.15) is 58.0 Å². The Morgan fingerprint density at radius 1 is 0.943 bits per heavy atom.